The molecular formula is C17H18N2OS. The number of nitrogens with two attached hydrogens (primary N) is 1. The van der Waals surface area contributed by atoms with Gasteiger partial charge in [0.25, 0.3) is 0 Å². The van der Waals surface area contributed by atoms with Crippen LogP contribution in [0.2, 0.25) is 0 Å². The van der Waals surface area contributed by atoms with Crippen LogP contribution < -0.4 is 11.1 Å². The molecule has 0 atom stereocenters. The van der Waals surface area contributed by atoms with Crippen molar-refractivity contribution < 1.29 is 4.79 Å². The molecule has 0 aliphatic carbocycles. The van der Waals surface area contributed by atoms with Gasteiger partial charge < -0.3 is 11.1 Å². The Morgan fingerprint density at radius 3 is 2.43 bits per heavy atom. The van der Waals surface area contributed by atoms with E-state index in [0.717, 1.165) is 16.7 Å². The fraction of sp³-hybridized carbons (Fsp3) is 0.176. The van der Waals surface area contributed by atoms with Crippen molar-refractivity contribution in [3.8, 4) is 0 Å². The molecule has 0 aliphatic rings. The number of rotatable bonds is 5. The van der Waals surface area contributed by atoms with E-state index >= 15 is 0 Å². The minimum Gasteiger partial charge on any atom is -0.389 e. The summed E-state index contributed by atoms with van der Waals surface area (Å²) in [4.78, 5) is 12.3. The van der Waals surface area contributed by atoms with Crippen molar-refractivity contribution in [2.24, 2.45) is 5.73 Å². The zero-order valence-electron chi connectivity index (χ0n) is 11.9. The predicted molar refractivity (Wildman–Crippen MR) is 89.1 cm³/mol. The summed E-state index contributed by atoms with van der Waals surface area (Å²) in [6, 6.07) is 15.5. The standard InChI is InChI=1S/C17H18N2OS/c1-12-4-2-3-5-15(12)11-19-16(20)10-13-6-8-14(9-7-13)17(18)21/h2-9H,10-11H2,1H3,(H2,18,21)(H,19,20). The Balaban J connectivity index is 1.90. The Morgan fingerprint density at radius 2 is 1.81 bits per heavy atom. The van der Waals surface area contributed by atoms with Crippen LogP contribution in [0.15, 0.2) is 48.5 Å². The first-order valence-electron chi connectivity index (χ1n) is 6.76. The molecular weight excluding hydrogens is 280 g/mol. The second kappa shape index (κ2) is 6.99. The molecule has 0 spiro atoms. The van der Waals surface area contributed by atoms with E-state index in [9.17, 15) is 4.79 Å². The van der Waals surface area contributed by atoms with Crippen LogP contribution in [0.1, 0.15) is 22.3 Å². The van der Waals surface area contributed by atoms with Crippen LogP contribution >= 0.6 is 12.2 Å². The number of thiocarbonyl (C=S) groups is 1. The lowest BCUT2D eigenvalue weighted by Crippen LogP contribution is -2.24. The van der Waals surface area contributed by atoms with E-state index in [-0.39, 0.29) is 5.91 Å². The fourth-order valence-corrected chi connectivity index (χ4v) is 2.17. The highest BCUT2D eigenvalue weighted by Gasteiger charge is 2.05. The topological polar surface area (TPSA) is 55.1 Å². The van der Waals surface area contributed by atoms with Gasteiger partial charge in [0, 0.05) is 12.1 Å². The average molecular weight is 298 g/mol. The first-order chi connectivity index (χ1) is 10.1. The monoisotopic (exact) mass is 298 g/mol. The van der Waals surface area contributed by atoms with Gasteiger partial charge in [-0.1, -0.05) is 60.7 Å². The van der Waals surface area contributed by atoms with Crippen molar-refractivity contribution in [2.75, 3.05) is 0 Å². The first kappa shape index (κ1) is 15.2. The van der Waals surface area contributed by atoms with Crippen molar-refractivity contribution >= 4 is 23.1 Å². The highest BCUT2D eigenvalue weighted by molar-refractivity contribution is 7.80. The summed E-state index contributed by atoms with van der Waals surface area (Å²) in [6.07, 6.45) is 0.351. The van der Waals surface area contributed by atoms with Crippen LogP contribution in [0.5, 0.6) is 0 Å². The Bertz CT molecular complexity index is 650. The number of amides is 1. The third kappa shape index (κ3) is 4.39. The van der Waals surface area contributed by atoms with Gasteiger partial charge in [0.2, 0.25) is 5.91 Å². The van der Waals surface area contributed by atoms with Crippen LogP contribution in [0.3, 0.4) is 0 Å². The molecule has 4 heteroatoms. The molecule has 2 aromatic carbocycles. The van der Waals surface area contributed by atoms with Gasteiger partial charge in [-0.3, -0.25) is 4.79 Å². The number of hydrogen-bond donors (Lipinski definition) is 2. The molecule has 108 valence electrons. The molecule has 0 aliphatic heterocycles. The van der Waals surface area contributed by atoms with E-state index < -0.39 is 0 Å². The van der Waals surface area contributed by atoms with Crippen LogP contribution in [-0.4, -0.2) is 10.9 Å². The maximum absolute atomic E-state index is 12.0. The summed E-state index contributed by atoms with van der Waals surface area (Å²) in [6.45, 7) is 2.59. The Labute approximate surface area is 130 Å². The first-order valence-corrected chi connectivity index (χ1v) is 7.17. The van der Waals surface area contributed by atoms with Crippen LogP contribution in [0.4, 0.5) is 0 Å². The molecule has 2 aromatic rings. The van der Waals surface area contributed by atoms with Crippen molar-refractivity contribution in [3.63, 3.8) is 0 Å². The molecule has 0 fully saturated rings. The fourth-order valence-electron chi connectivity index (χ4n) is 2.04. The van der Waals surface area contributed by atoms with Crippen LogP contribution in [-0.2, 0) is 17.8 Å². The molecule has 0 heterocycles. The zero-order valence-corrected chi connectivity index (χ0v) is 12.7. The Kier molecular flexibility index (Phi) is 5.06. The second-order valence-corrected chi connectivity index (χ2v) is 5.38. The molecule has 21 heavy (non-hydrogen) atoms. The summed E-state index contributed by atoms with van der Waals surface area (Å²) in [5.41, 5.74) is 9.61. The number of carbonyl (C=O) groups excluding carboxylic acids is 1. The molecule has 2 rings (SSSR count). The van der Waals surface area contributed by atoms with Gasteiger partial charge in [-0.05, 0) is 23.6 Å². The summed E-state index contributed by atoms with van der Waals surface area (Å²) in [7, 11) is 0. The molecule has 1 amide bonds. The zero-order chi connectivity index (χ0) is 15.2. The highest BCUT2D eigenvalue weighted by atomic mass is 32.1. The van der Waals surface area contributed by atoms with Crippen molar-refractivity contribution in [3.05, 3.63) is 70.8 Å². The molecule has 0 bridgehead atoms. The largest absolute Gasteiger partial charge is 0.389 e. The maximum atomic E-state index is 12.0. The maximum Gasteiger partial charge on any atom is 0.224 e. The minimum atomic E-state index is 0.00123. The van der Waals surface area contributed by atoms with Gasteiger partial charge >= 0.3 is 0 Å². The van der Waals surface area contributed by atoms with Crippen molar-refractivity contribution in [1.29, 1.82) is 0 Å². The highest BCUT2D eigenvalue weighted by Crippen LogP contribution is 2.07. The van der Waals surface area contributed by atoms with E-state index in [1.165, 1.54) is 5.56 Å². The van der Waals surface area contributed by atoms with E-state index in [4.69, 9.17) is 18.0 Å². The van der Waals surface area contributed by atoms with E-state index in [1.54, 1.807) is 0 Å². The predicted octanol–water partition coefficient (Wildman–Crippen LogP) is 2.49. The van der Waals surface area contributed by atoms with Gasteiger partial charge in [0.1, 0.15) is 4.99 Å². The van der Waals surface area contributed by atoms with Gasteiger partial charge in [-0.25, -0.2) is 0 Å². The molecule has 0 aromatic heterocycles. The van der Waals surface area contributed by atoms with Crippen molar-refractivity contribution in [2.45, 2.75) is 19.9 Å². The summed E-state index contributed by atoms with van der Waals surface area (Å²) in [5, 5.41) is 2.94. The summed E-state index contributed by atoms with van der Waals surface area (Å²) < 4.78 is 0. The third-order valence-corrected chi connectivity index (χ3v) is 3.58. The van der Waals surface area contributed by atoms with Gasteiger partial charge in [0.05, 0.1) is 6.42 Å². The normalized spacial score (nSPS) is 10.1. The number of nitrogens with one attached hydrogen (secondary N) is 1. The van der Waals surface area contributed by atoms with Crippen LogP contribution in [0.25, 0.3) is 0 Å². The van der Waals surface area contributed by atoms with E-state index in [2.05, 4.69) is 5.32 Å². The third-order valence-electron chi connectivity index (χ3n) is 3.34. The molecule has 3 N–H and O–H groups in total. The van der Waals surface area contributed by atoms with Crippen molar-refractivity contribution in [1.82, 2.24) is 5.32 Å². The lowest BCUT2D eigenvalue weighted by molar-refractivity contribution is -0.120. The molecule has 3 nitrogen and oxygen atoms in total. The molecule has 0 saturated carbocycles. The molecule has 0 unspecified atom stereocenters. The number of aryl methyl sites for hydroxylation is 1. The quantitative estimate of drug-likeness (QED) is 0.834. The number of hydrogen-bond acceptors (Lipinski definition) is 2. The van der Waals surface area contributed by atoms with E-state index in [0.29, 0.717) is 18.0 Å². The SMILES string of the molecule is Cc1ccccc1CNC(=O)Cc1ccc(C(N)=S)cc1. The molecule has 0 radical (unpaired) electrons. The van der Waals surface area contributed by atoms with E-state index in [1.807, 2.05) is 55.5 Å². The second-order valence-electron chi connectivity index (χ2n) is 4.94. The minimum absolute atomic E-state index is 0.00123. The summed E-state index contributed by atoms with van der Waals surface area (Å²) in [5.74, 6) is 0.00123. The summed E-state index contributed by atoms with van der Waals surface area (Å²) >= 11 is 4.90. The van der Waals surface area contributed by atoms with Gasteiger partial charge in [0.15, 0.2) is 0 Å². The number of carbonyl (C=O) groups is 1. The smallest absolute Gasteiger partial charge is 0.224 e. The van der Waals surface area contributed by atoms with Crippen LogP contribution in [0, 0.1) is 6.92 Å². The lowest BCUT2D eigenvalue weighted by Gasteiger charge is -2.08. The lowest BCUT2D eigenvalue weighted by atomic mass is 10.1. The average Bonchev–Trinajstić information content (AvgIpc) is 2.47. The van der Waals surface area contributed by atoms with Gasteiger partial charge in [-0.2, -0.15) is 0 Å². The Morgan fingerprint density at radius 1 is 1.14 bits per heavy atom. The number of benzene rings is 2. The molecule has 0 saturated heterocycles. The Hall–Kier alpha value is -2.20. The van der Waals surface area contributed by atoms with Gasteiger partial charge in [-0.15, -0.1) is 0 Å².